The highest BCUT2D eigenvalue weighted by atomic mass is 32.2. The minimum absolute atomic E-state index is 0.0362. The molecular formula is C19H14N2O5S. The number of nitrogens with zero attached hydrogens (tertiary/aromatic N) is 2. The van der Waals surface area contributed by atoms with E-state index in [1.165, 1.54) is 22.7 Å². The van der Waals surface area contributed by atoms with Crippen LogP contribution in [-0.2, 0) is 9.59 Å². The molecule has 7 nitrogen and oxygen atoms in total. The van der Waals surface area contributed by atoms with Gasteiger partial charge in [-0.25, -0.2) is 4.90 Å². The maximum Gasteiger partial charge on any atom is 0.274 e. The second-order valence-corrected chi connectivity index (χ2v) is 8.06. The summed E-state index contributed by atoms with van der Waals surface area (Å²) in [5, 5.41) is 10.9. The monoisotopic (exact) mass is 382 g/mol. The molecule has 2 aromatic rings. The van der Waals surface area contributed by atoms with Crippen molar-refractivity contribution in [2.45, 2.75) is 10.5 Å². The molecule has 2 aromatic carbocycles. The summed E-state index contributed by atoms with van der Waals surface area (Å²) in [4.78, 5) is 38.5. The van der Waals surface area contributed by atoms with Crippen molar-refractivity contribution in [3.8, 4) is 5.75 Å². The zero-order chi connectivity index (χ0) is 18.9. The number of amides is 2. The number of nitro benzene ring substituents is 1. The van der Waals surface area contributed by atoms with Crippen molar-refractivity contribution in [1.82, 2.24) is 0 Å². The van der Waals surface area contributed by atoms with Crippen molar-refractivity contribution in [3.05, 3.63) is 63.7 Å². The number of benzene rings is 2. The molecule has 2 amide bonds. The Labute approximate surface area is 158 Å². The molecule has 0 unspecified atom stereocenters. The average Bonchev–Trinajstić information content (AvgIpc) is 3.32. The molecule has 0 saturated carbocycles. The van der Waals surface area contributed by atoms with Crippen molar-refractivity contribution in [2.75, 3.05) is 12.0 Å². The summed E-state index contributed by atoms with van der Waals surface area (Å²) in [6.07, 6.45) is 0. The normalized spacial score (nSPS) is 27.7. The number of hydrogen-bond acceptors (Lipinski definition) is 6. The Balaban J connectivity index is 1.57. The van der Waals surface area contributed by atoms with E-state index in [0.29, 0.717) is 17.0 Å². The summed E-state index contributed by atoms with van der Waals surface area (Å²) in [5.74, 6) is -0.893. The van der Waals surface area contributed by atoms with Gasteiger partial charge >= 0.3 is 0 Å². The van der Waals surface area contributed by atoms with Crippen LogP contribution in [0.4, 0.5) is 11.4 Å². The van der Waals surface area contributed by atoms with Gasteiger partial charge in [0.2, 0.25) is 11.8 Å². The molecule has 3 aliphatic rings. The number of fused-ring (bicyclic) bond motifs is 8. The van der Waals surface area contributed by atoms with Crippen molar-refractivity contribution in [1.29, 1.82) is 0 Å². The number of carbonyl (C=O) groups is 2. The molecule has 2 bridgehead atoms. The Kier molecular flexibility index (Phi) is 3.36. The summed E-state index contributed by atoms with van der Waals surface area (Å²) in [6, 6.07) is 11.7. The van der Waals surface area contributed by atoms with E-state index in [2.05, 4.69) is 0 Å². The van der Waals surface area contributed by atoms with Crippen LogP contribution in [0.25, 0.3) is 0 Å². The van der Waals surface area contributed by atoms with Crippen LogP contribution >= 0.6 is 11.8 Å². The third-order valence-electron chi connectivity index (χ3n) is 5.58. The summed E-state index contributed by atoms with van der Waals surface area (Å²) in [6.45, 7) is 0. The van der Waals surface area contributed by atoms with Crippen LogP contribution in [0.2, 0.25) is 0 Å². The fourth-order valence-electron chi connectivity index (χ4n) is 4.46. The molecule has 2 fully saturated rings. The molecular weight excluding hydrogens is 368 g/mol. The number of rotatable bonds is 3. The Bertz CT molecular complexity index is 1010. The highest BCUT2D eigenvalue weighted by Gasteiger charge is 2.65. The summed E-state index contributed by atoms with van der Waals surface area (Å²) in [7, 11) is 1.55. The molecule has 2 saturated heterocycles. The number of imide groups is 1. The van der Waals surface area contributed by atoms with Crippen molar-refractivity contribution in [3.63, 3.8) is 0 Å². The highest BCUT2D eigenvalue weighted by Crippen LogP contribution is 2.70. The predicted molar refractivity (Wildman–Crippen MR) is 98.6 cm³/mol. The quantitative estimate of drug-likeness (QED) is 0.460. The van der Waals surface area contributed by atoms with Crippen LogP contribution in [0, 0.1) is 22.0 Å². The Morgan fingerprint density at radius 1 is 1.04 bits per heavy atom. The van der Waals surface area contributed by atoms with E-state index >= 15 is 0 Å². The molecule has 5 rings (SSSR count). The predicted octanol–water partition coefficient (Wildman–Crippen LogP) is 3.25. The van der Waals surface area contributed by atoms with Gasteiger partial charge in [-0.05, 0) is 29.8 Å². The van der Waals surface area contributed by atoms with Gasteiger partial charge in [0.1, 0.15) is 5.75 Å². The number of ether oxygens (including phenoxy) is 1. The van der Waals surface area contributed by atoms with Gasteiger partial charge in [0, 0.05) is 22.1 Å². The average molecular weight is 382 g/mol. The summed E-state index contributed by atoms with van der Waals surface area (Å²) < 4.78 is 5.13. The van der Waals surface area contributed by atoms with Gasteiger partial charge in [0.15, 0.2) is 0 Å². The van der Waals surface area contributed by atoms with Crippen LogP contribution in [0.5, 0.6) is 5.75 Å². The lowest BCUT2D eigenvalue weighted by molar-refractivity contribution is -0.385. The Morgan fingerprint density at radius 2 is 1.70 bits per heavy atom. The SMILES string of the molecule is COc1ccc(N2C(=O)[C@@H]3[C@H](C2=O)[C@@H]2S[C@H]3c3cccc([N+](=O)[O-])c32)cc1. The maximum atomic E-state index is 13.1. The molecule has 3 heterocycles. The number of methoxy groups -OCH3 is 1. The van der Waals surface area contributed by atoms with Gasteiger partial charge in [-0.15, -0.1) is 11.8 Å². The first kappa shape index (κ1) is 16.3. The number of thioether (sulfide) groups is 1. The second-order valence-electron chi connectivity index (χ2n) is 6.78. The molecule has 4 atom stereocenters. The third kappa shape index (κ3) is 2.04. The number of nitro groups is 1. The van der Waals surface area contributed by atoms with Gasteiger partial charge < -0.3 is 4.74 Å². The molecule has 0 spiro atoms. The van der Waals surface area contributed by atoms with E-state index < -0.39 is 16.8 Å². The zero-order valence-electron chi connectivity index (χ0n) is 14.2. The Morgan fingerprint density at radius 3 is 2.33 bits per heavy atom. The van der Waals surface area contributed by atoms with Gasteiger partial charge in [-0.2, -0.15) is 0 Å². The minimum Gasteiger partial charge on any atom is -0.497 e. The highest BCUT2D eigenvalue weighted by molar-refractivity contribution is 8.00. The maximum absolute atomic E-state index is 13.1. The fourth-order valence-corrected chi connectivity index (χ4v) is 6.44. The molecule has 0 aromatic heterocycles. The standard InChI is InChI=1S/C19H14N2O5S/c1-26-10-7-5-9(6-8-10)20-18(22)14-15(19(20)23)17-13-11(16(14)27-17)3-2-4-12(13)21(24)25/h2-8,14-17H,1H3/t14-,15+,16+,17-/m1/s1. The molecule has 0 radical (unpaired) electrons. The van der Waals surface area contributed by atoms with Gasteiger partial charge in [0.05, 0.1) is 29.6 Å². The molecule has 27 heavy (non-hydrogen) atoms. The minimum atomic E-state index is -0.553. The first-order valence-electron chi connectivity index (χ1n) is 8.47. The van der Waals surface area contributed by atoms with Gasteiger partial charge in [-0.1, -0.05) is 12.1 Å². The smallest absolute Gasteiger partial charge is 0.274 e. The van der Waals surface area contributed by atoms with Crippen LogP contribution in [0.15, 0.2) is 42.5 Å². The van der Waals surface area contributed by atoms with E-state index in [0.717, 1.165) is 5.56 Å². The molecule has 8 heteroatoms. The molecule has 3 aliphatic heterocycles. The molecule has 0 N–H and O–H groups in total. The second kappa shape index (κ2) is 5.56. The van der Waals surface area contributed by atoms with Crippen molar-refractivity contribution < 1.29 is 19.2 Å². The lowest BCUT2D eigenvalue weighted by Crippen LogP contribution is -2.31. The Hall–Kier alpha value is -2.87. The third-order valence-corrected chi connectivity index (χ3v) is 7.24. The first-order valence-corrected chi connectivity index (χ1v) is 9.41. The van der Waals surface area contributed by atoms with Crippen LogP contribution in [0.3, 0.4) is 0 Å². The number of carbonyl (C=O) groups excluding carboxylic acids is 2. The molecule has 136 valence electrons. The fraction of sp³-hybridized carbons (Fsp3) is 0.263. The van der Waals surface area contributed by atoms with Gasteiger partial charge in [0.25, 0.3) is 5.69 Å². The largest absolute Gasteiger partial charge is 0.497 e. The first-order chi connectivity index (χ1) is 13.0. The number of hydrogen-bond donors (Lipinski definition) is 0. The lowest BCUT2D eigenvalue weighted by Gasteiger charge is -2.21. The van der Waals surface area contributed by atoms with E-state index in [4.69, 9.17) is 4.74 Å². The van der Waals surface area contributed by atoms with E-state index in [1.54, 1.807) is 37.4 Å². The zero-order valence-corrected chi connectivity index (χ0v) is 15.0. The lowest BCUT2D eigenvalue weighted by atomic mass is 9.77. The summed E-state index contributed by atoms with van der Waals surface area (Å²) >= 11 is 1.50. The van der Waals surface area contributed by atoms with Crippen molar-refractivity contribution >= 4 is 35.0 Å². The van der Waals surface area contributed by atoms with Crippen molar-refractivity contribution in [2.24, 2.45) is 11.8 Å². The van der Waals surface area contributed by atoms with Crippen LogP contribution < -0.4 is 9.64 Å². The van der Waals surface area contributed by atoms with E-state index in [9.17, 15) is 19.7 Å². The van der Waals surface area contributed by atoms with Gasteiger partial charge in [-0.3, -0.25) is 19.7 Å². The van der Waals surface area contributed by atoms with Crippen LogP contribution in [-0.4, -0.2) is 23.8 Å². The topological polar surface area (TPSA) is 89.8 Å². The molecule has 0 aliphatic carbocycles. The van der Waals surface area contributed by atoms with E-state index in [1.807, 2.05) is 6.07 Å². The van der Waals surface area contributed by atoms with E-state index in [-0.39, 0.29) is 28.0 Å². The van der Waals surface area contributed by atoms with Crippen LogP contribution in [0.1, 0.15) is 21.6 Å². The summed E-state index contributed by atoms with van der Waals surface area (Å²) in [5.41, 5.74) is 1.96. The number of anilines is 1.